The van der Waals surface area contributed by atoms with E-state index in [9.17, 15) is 0 Å². The van der Waals surface area contributed by atoms with Gasteiger partial charge in [-0.25, -0.2) is 0 Å². The predicted octanol–water partition coefficient (Wildman–Crippen LogP) is 2.89. The SMILES string of the molecule is C=CN1CCC(C)CC(C)(C)C1. The van der Waals surface area contributed by atoms with Crippen molar-refractivity contribution in [3.05, 3.63) is 12.8 Å². The molecule has 1 aliphatic heterocycles. The van der Waals surface area contributed by atoms with E-state index in [1.807, 2.05) is 6.20 Å². The summed E-state index contributed by atoms with van der Waals surface area (Å²) in [6.45, 7) is 13.3. The molecule has 1 nitrogen and oxygen atoms in total. The number of hydrogen-bond donors (Lipinski definition) is 0. The van der Waals surface area contributed by atoms with Crippen LogP contribution in [0.4, 0.5) is 0 Å². The van der Waals surface area contributed by atoms with E-state index in [2.05, 4.69) is 32.3 Å². The Kier molecular flexibility index (Phi) is 2.81. The van der Waals surface area contributed by atoms with Crippen LogP contribution in [0.2, 0.25) is 0 Å². The molecule has 0 aromatic heterocycles. The van der Waals surface area contributed by atoms with Crippen LogP contribution in [-0.2, 0) is 0 Å². The molecule has 0 radical (unpaired) electrons. The highest BCUT2D eigenvalue weighted by molar-refractivity contribution is 4.84. The topological polar surface area (TPSA) is 3.24 Å². The normalized spacial score (nSPS) is 29.6. The smallest absolute Gasteiger partial charge is 0.0223 e. The molecule has 1 rings (SSSR count). The zero-order valence-corrected chi connectivity index (χ0v) is 8.64. The Balaban J connectivity index is 2.62. The van der Waals surface area contributed by atoms with Gasteiger partial charge in [0.15, 0.2) is 0 Å². The minimum atomic E-state index is 0.462. The Bertz CT molecular complexity index is 160. The number of likely N-dealkylation sites (tertiary alicyclic amines) is 1. The van der Waals surface area contributed by atoms with E-state index < -0.39 is 0 Å². The Labute approximate surface area is 76.5 Å². The lowest BCUT2D eigenvalue weighted by Crippen LogP contribution is -2.28. The maximum atomic E-state index is 3.84. The quantitative estimate of drug-likeness (QED) is 0.580. The summed E-state index contributed by atoms with van der Waals surface area (Å²) in [6.07, 6.45) is 4.65. The van der Waals surface area contributed by atoms with E-state index >= 15 is 0 Å². The van der Waals surface area contributed by atoms with Gasteiger partial charge in [-0.3, -0.25) is 0 Å². The maximum Gasteiger partial charge on any atom is 0.0223 e. The highest BCUT2D eigenvalue weighted by Gasteiger charge is 2.26. The second-order valence-corrected chi connectivity index (χ2v) is 4.92. The standard InChI is InChI=1S/C11H21N/c1-5-12-7-6-10(2)8-11(3,4)9-12/h5,10H,1,6-9H2,2-4H3. The van der Waals surface area contributed by atoms with Gasteiger partial charge in [-0.05, 0) is 30.4 Å². The molecule has 0 aliphatic carbocycles. The summed E-state index contributed by atoms with van der Waals surface area (Å²) in [4.78, 5) is 2.35. The molecule has 0 bridgehead atoms. The van der Waals surface area contributed by atoms with Crippen molar-refractivity contribution >= 4 is 0 Å². The highest BCUT2D eigenvalue weighted by atomic mass is 15.1. The van der Waals surface area contributed by atoms with Crippen molar-refractivity contribution in [1.82, 2.24) is 4.90 Å². The molecular weight excluding hydrogens is 146 g/mol. The fraction of sp³-hybridized carbons (Fsp3) is 0.818. The van der Waals surface area contributed by atoms with Crippen molar-refractivity contribution in [1.29, 1.82) is 0 Å². The summed E-state index contributed by atoms with van der Waals surface area (Å²) >= 11 is 0. The van der Waals surface area contributed by atoms with Gasteiger partial charge in [-0.15, -0.1) is 0 Å². The first-order valence-corrected chi connectivity index (χ1v) is 4.90. The minimum absolute atomic E-state index is 0.462. The first kappa shape index (κ1) is 9.63. The average molecular weight is 167 g/mol. The summed E-state index contributed by atoms with van der Waals surface area (Å²) in [5.74, 6) is 0.866. The summed E-state index contributed by atoms with van der Waals surface area (Å²) in [5.41, 5.74) is 0.462. The van der Waals surface area contributed by atoms with Crippen LogP contribution in [0, 0.1) is 11.3 Å². The molecule has 70 valence electrons. The van der Waals surface area contributed by atoms with E-state index in [0.29, 0.717) is 5.41 Å². The Morgan fingerprint density at radius 3 is 2.75 bits per heavy atom. The third-order valence-corrected chi connectivity index (χ3v) is 2.70. The van der Waals surface area contributed by atoms with Crippen molar-refractivity contribution in [2.45, 2.75) is 33.6 Å². The lowest BCUT2D eigenvalue weighted by atomic mass is 9.83. The average Bonchev–Trinajstić information content (AvgIpc) is 2.07. The Hall–Kier alpha value is -0.460. The van der Waals surface area contributed by atoms with Crippen LogP contribution in [0.5, 0.6) is 0 Å². The van der Waals surface area contributed by atoms with Gasteiger partial charge in [-0.1, -0.05) is 27.4 Å². The molecule has 1 fully saturated rings. The zero-order chi connectivity index (χ0) is 9.19. The van der Waals surface area contributed by atoms with Crippen LogP contribution in [0.1, 0.15) is 33.6 Å². The van der Waals surface area contributed by atoms with E-state index in [1.165, 1.54) is 25.9 Å². The van der Waals surface area contributed by atoms with E-state index in [-0.39, 0.29) is 0 Å². The minimum Gasteiger partial charge on any atom is -0.377 e. The molecule has 1 saturated heterocycles. The molecule has 1 heteroatoms. The van der Waals surface area contributed by atoms with Crippen molar-refractivity contribution in [3.8, 4) is 0 Å². The first-order chi connectivity index (χ1) is 5.53. The summed E-state index contributed by atoms with van der Waals surface area (Å²) < 4.78 is 0. The monoisotopic (exact) mass is 167 g/mol. The van der Waals surface area contributed by atoms with Gasteiger partial charge in [0.2, 0.25) is 0 Å². The third kappa shape index (κ3) is 2.54. The largest absolute Gasteiger partial charge is 0.377 e. The molecule has 1 heterocycles. The second kappa shape index (κ2) is 3.51. The molecule has 12 heavy (non-hydrogen) atoms. The van der Waals surface area contributed by atoms with Gasteiger partial charge in [0.1, 0.15) is 0 Å². The van der Waals surface area contributed by atoms with Crippen LogP contribution in [-0.4, -0.2) is 18.0 Å². The molecule has 1 aliphatic rings. The van der Waals surface area contributed by atoms with Gasteiger partial charge >= 0.3 is 0 Å². The number of rotatable bonds is 1. The van der Waals surface area contributed by atoms with Gasteiger partial charge in [-0.2, -0.15) is 0 Å². The fourth-order valence-electron chi connectivity index (χ4n) is 2.28. The Morgan fingerprint density at radius 1 is 1.50 bits per heavy atom. The maximum absolute atomic E-state index is 3.84. The highest BCUT2D eigenvalue weighted by Crippen LogP contribution is 2.31. The second-order valence-electron chi connectivity index (χ2n) is 4.92. The first-order valence-electron chi connectivity index (χ1n) is 4.90. The van der Waals surface area contributed by atoms with E-state index in [0.717, 1.165) is 5.92 Å². The van der Waals surface area contributed by atoms with Crippen LogP contribution in [0.25, 0.3) is 0 Å². The van der Waals surface area contributed by atoms with Crippen molar-refractivity contribution in [2.24, 2.45) is 11.3 Å². The Morgan fingerprint density at radius 2 is 2.17 bits per heavy atom. The summed E-state index contributed by atoms with van der Waals surface area (Å²) in [5, 5.41) is 0. The molecule has 0 amide bonds. The van der Waals surface area contributed by atoms with Crippen LogP contribution in [0.15, 0.2) is 12.8 Å². The van der Waals surface area contributed by atoms with Crippen LogP contribution < -0.4 is 0 Å². The van der Waals surface area contributed by atoms with Gasteiger partial charge in [0, 0.05) is 13.1 Å². The fourth-order valence-corrected chi connectivity index (χ4v) is 2.28. The molecule has 1 unspecified atom stereocenters. The van der Waals surface area contributed by atoms with Crippen LogP contribution in [0.3, 0.4) is 0 Å². The van der Waals surface area contributed by atoms with Gasteiger partial charge in [0.05, 0.1) is 0 Å². The van der Waals surface area contributed by atoms with Crippen molar-refractivity contribution in [3.63, 3.8) is 0 Å². The molecule has 0 N–H and O–H groups in total. The van der Waals surface area contributed by atoms with Gasteiger partial charge < -0.3 is 4.90 Å². The lowest BCUT2D eigenvalue weighted by Gasteiger charge is -2.28. The lowest BCUT2D eigenvalue weighted by molar-refractivity contribution is 0.239. The van der Waals surface area contributed by atoms with Crippen molar-refractivity contribution < 1.29 is 0 Å². The molecule has 0 aromatic carbocycles. The molecule has 0 spiro atoms. The third-order valence-electron chi connectivity index (χ3n) is 2.70. The summed E-state index contributed by atoms with van der Waals surface area (Å²) in [6, 6.07) is 0. The molecule has 0 saturated carbocycles. The molecule has 1 atom stereocenters. The molecular formula is C11H21N. The van der Waals surface area contributed by atoms with E-state index in [1.54, 1.807) is 0 Å². The van der Waals surface area contributed by atoms with Crippen molar-refractivity contribution in [2.75, 3.05) is 13.1 Å². The predicted molar refractivity (Wildman–Crippen MR) is 53.9 cm³/mol. The van der Waals surface area contributed by atoms with Crippen LogP contribution >= 0.6 is 0 Å². The zero-order valence-electron chi connectivity index (χ0n) is 8.64. The van der Waals surface area contributed by atoms with E-state index in [4.69, 9.17) is 0 Å². The molecule has 0 aromatic rings. The summed E-state index contributed by atoms with van der Waals surface area (Å²) in [7, 11) is 0. The number of nitrogens with zero attached hydrogens (tertiary/aromatic N) is 1. The number of hydrogen-bond acceptors (Lipinski definition) is 1. The van der Waals surface area contributed by atoms with Gasteiger partial charge in [0.25, 0.3) is 0 Å².